The van der Waals surface area contributed by atoms with Gasteiger partial charge in [0.05, 0.1) is 13.2 Å². The number of nitrogens with zero attached hydrogens (tertiary/aromatic N) is 3. The van der Waals surface area contributed by atoms with Crippen LogP contribution in [0.25, 0.3) is 10.4 Å². The smallest absolute Gasteiger partial charge is 0.407 e. The highest BCUT2D eigenvalue weighted by Gasteiger charge is 2.70. The van der Waals surface area contributed by atoms with Crippen molar-refractivity contribution < 1.29 is 43.9 Å². The number of benzene rings is 1. The summed E-state index contributed by atoms with van der Waals surface area (Å²) in [7, 11) is 0. The summed E-state index contributed by atoms with van der Waals surface area (Å²) in [4.78, 5) is 38.9. The van der Waals surface area contributed by atoms with E-state index in [4.69, 9.17) is 19.7 Å². The number of hydrogen-bond acceptors (Lipinski definition) is 10. The van der Waals surface area contributed by atoms with Gasteiger partial charge in [0.2, 0.25) is 0 Å². The quantitative estimate of drug-likeness (QED) is 0.158. The number of nitrogens with one attached hydrogen (secondary N) is 1. The van der Waals surface area contributed by atoms with Crippen LogP contribution < -0.4 is 5.32 Å². The van der Waals surface area contributed by atoms with Crippen LogP contribution in [0.4, 0.5) is 4.79 Å². The summed E-state index contributed by atoms with van der Waals surface area (Å²) in [6.07, 6.45) is -4.13. The molecule has 2 rings (SSSR count). The van der Waals surface area contributed by atoms with Crippen LogP contribution in [0.1, 0.15) is 19.4 Å². The van der Waals surface area contributed by atoms with Gasteiger partial charge in [-0.1, -0.05) is 35.4 Å². The van der Waals surface area contributed by atoms with Crippen molar-refractivity contribution in [2.45, 2.75) is 50.1 Å². The lowest BCUT2D eigenvalue weighted by Gasteiger charge is -2.52. The second kappa shape index (κ2) is 11.2. The fourth-order valence-electron chi connectivity index (χ4n) is 3.58. The molecule has 1 aromatic rings. The summed E-state index contributed by atoms with van der Waals surface area (Å²) >= 11 is 0. The zero-order valence-corrected chi connectivity index (χ0v) is 18.1. The summed E-state index contributed by atoms with van der Waals surface area (Å²) in [6, 6.07) is 7.10. The van der Waals surface area contributed by atoms with Crippen molar-refractivity contribution in [1.82, 2.24) is 5.32 Å². The highest BCUT2D eigenvalue weighted by atomic mass is 16.7. The van der Waals surface area contributed by atoms with Gasteiger partial charge in [-0.05, 0) is 24.9 Å². The van der Waals surface area contributed by atoms with Crippen LogP contribution in [0.3, 0.4) is 0 Å². The van der Waals surface area contributed by atoms with E-state index in [9.17, 15) is 29.7 Å². The molecule has 0 bridgehead atoms. The molecule has 1 aromatic carbocycles. The molecule has 1 aliphatic heterocycles. The van der Waals surface area contributed by atoms with Gasteiger partial charge < -0.3 is 34.8 Å². The Labute approximate surface area is 188 Å². The molecule has 33 heavy (non-hydrogen) atoms. The molecule has 1 heterocycles. The van der Waals surface area contributed by atoms with Crippen LogP contribution in [0, 0.1) is 0 Å². The normalized spacial score (nSPS) is 28.9. The molecule has 13 heteroatoms. The van der Waals surface area contributed by atoms with Crippen molar-refractivity contribution in [3.63, 3.8) is 0 Å². The number of azide groups is 1. The predicted molar refractivity (Wildman–Crippen MR) is 111 cm³/mol. The minimum absolute atomic E-state index is 0.0473. The van der Waals surface area contributed by atoms with Crippen LogP contribution in [0.5, 0.6) is 0 Å². The minimum atomic E-state index is -2.94. The first-order chi connectivity index (χ1) is 15.6. The van der Waals surface area contributed by atoms with Crippen molar-refractivity contribution in [1.29, 1.82) is 0 Å². The van der Waals surface area contributed by atoms with E-state index in [0.717, 1.165) is 19.4 Å². The second-order valence-corrected chi connectivity index (χ2v) is 7.33. The van der Waals surface area contributed by atoms with Crippen molar-refractivity contribution >= 4 is 17.7 Å². The number of hydrogen-bond donors (Lipinski definition) is 4. The second-order valence-electron chi connectivity index (χ2n) is 7.33. The number of ketones is 2. The van der Waals surface area contributed by atoms with Crippen molar-refractivity contribution in [3.8, 4) is 0 Å². The van der Waals surface area contributed by atoms with Gasteiger partial charge >= 0.3 is 6.09 Å². The van der Waals surface area contributed by atoms with Gasteiger partial charge in [0.15, 0.2) is 29.1 Å². The van der Waals surface area contributed by atoms with Crippen molar-refractivity contribution in [3.05, 3.63) is 46.3 Å². The number of carbonyl (C=O) groups excluding carboxylic acids is 3. The van der Waals surface area contributed by atoms with E-state index in [-0.39, 0.29) is 19.8 Å². The Bertz CT molecular complexity index is 908. The predicted octanol–water partition coefficient (Wildman–Crippen LogP) is -0.0343. The van der Waals surface area contributed by atoms with Gasteiger partial charge in [0, 0.05) is 11.5 Å². The molecular weight excluding hydrogens is 440 g/mol. The van der Waals surface area contributed by atoms with E-state index < -0.39 is 53.9 Å². The van der Waals surface area contributed by atoms with Crippen LogP contribution in [-0.4, -0.2) is 82.4 Å². The largest absolute Gasteiger partial charge is 0.445 e. The Morgan fingerprint density at radius 2 is 1.82 bits per heavy atom. The van der Waals surface area contributed by atoms with Crippen molar-refractivity contribution in [2.24, 2.45) is 5.11 Å². The van der Waals surface area contributed by atoms with E-state index in [0.29, 0.717) is 0 Å². The lowest BCUT2D eigenvalue weighted by molar-refractivity contribution is -0.312. The molecule has 180 valence electrons. The monoisotopic (exact) mass is 466 g/mol. The fourth-order valence-corrected chi connectivity index (χ4v) is 3.58. The Kier molecular flexibility index (Phi) is 8.88. The Balaban J connectivity index is 2.06. The van der Waals surface area contributed by atoms with Crippen LogP contribution in [-0.2, 0) is 30.4 Å². The molecule has 0 spiro atoms. The summed E-state index contributed by atoms with van der Waals surface area (Å²) in [5.41, 5.74) is 3.86. The standard InChI is InChI=1S/C20H26N4O9/c1-12(26)19(29)15(10-25)33-17(16(23-24-21)20(19,30)13(2)27)31-9-8-22-18(28)32-11-14-6-4-3-5-7-14/h3-7,15-17,25,29-30H,8-11H2,1-2H3,(H,22,28)/t15-,16+,17+,19-,20-/m1/s1. The molecule has 13 nitrogen and oxygen atoms in total. The number of amides is 1. The van der Waals surface area contributed by atoms with Gasteiger partial charge in [-0.3, -0.25) is 9.59 Å². The average Bonchev–Trinajstić information content (AvgIpc) is 2.79. The zero-order valence-electron chi connectivity index (χ0n) is 18.1. The van der Waals surface area contributed by atoms with Crippen molar-refractivity contribution in [2.75, 3.05) is 19.8 Å². The molecule has 5 atom stereocenters. The van der Waals surface area contributed by atoms with Crippen LogP contribution in [0.15, 0.2) is 35.4 Å². The number of alkyl carbamates (subject to hydrolysis) is 1. The first-order valence-corrected chi connectivity index (χ1v) is 9.96. The Morgan fingerprint density at radius 3 is 2.36 bits per heavy atom. The highest BCUT2D eigenvalue weighted by Crippen LogP contribution is 2.41. The molecular formula is C20H26N4O9. The summed E-state index contributed by atoms with van der Waals surface area (Å²) in [6.45, 7) is 0.501. The molecule has 0 saturated carbocycles. The van der Waals surface area contributed by atoms with E-state index in [1.807, 2.05) is 6.07 Å². The van der Waals surface area contributed by atoms with Gasteiger partial charge in [-0.2, -0.15) is 0 Å². The first kappa shape index (κ1) is 26.2. The lowest BCUT2D eigenvalue weighted by atomic mass is 9.67. The fraction of sp³-hybridized carbons (Fsp3) is 0.550. The zero-order chi connectivity index (χ0) is 24.6. The molecule has 0 radical (unpaired) electrons. The van der Waals surface area contributed by atoms with Gasteiger partial charge in [-0.15, -0.1) is 0 Å². The maximum atomic E-state index is 12.3. The van der Waals surface area contributed by atoms with Gasteiger partial charge in [-0.25, -0.2) is 4.79 Å². The average molecular weight is 466 g/mol. The Hall–Kier alpha value is -3.06. The third-order valence-electron chi connectivity index (χ3n) is 5.31. The van der Waals surface area contributed by atoms with E-state index in [2.05, 4.69) is 15.3 Å². The molecule has 0 aromatic heterocycles. The third-order valence-corrected chi connectivity index (χ3v) is 5.31. The summed E-state index contributed by atoms with van der Waals surface area (Å²) in [5.74, 6) is -2.19. The van der Waals surface area contributed by atoms with E-state index in [1.165, 1.54) is 0 Å². The number of Topliss-reactive ketones (excluding diaryl/α,β-unsaturated/α-hetero) is 2. The molecule has 0 aliphatic carbocycles. The van der Waals surface area contributed by atoms with Crippen LogP contribution >= 0.6 is 0 Å². The lowest BCUT2D eigenvalue weighted by Crippen LogP contribution is -2.79. The minimum Gasteiger partial charge on any atom is -0.445 e. The third kappa shape index (κ3) is 5.30. The number of ether oxygens (including phenoxy) is 3. The number of aliphatic hydroxyl groups is 3. The topological polar surface area (TPSA) is 200 Å². The first-order valence-electron chi connectivity index (χ1n) is 9.96. The van der Waals surface area contributed by atoms with Crippen LogP contribution in [0.2, 0.25) is 0 Å². The molecule has 1 amide bonds. The number of carbonyl (C=O) groups is 3. The maximum absolute atomic E-state index is 12.3. The van der Waals surface area contributed by atoms with Gasteiger partial charge in [0.25, 0.3) is 0 Å². The number of aliphatic hydroxyl groups excluding tert-OH is 1. The Morgan fingerprint density at radius 1 is 1.18 bits per heavy atom. The number of rotatable bonds is 10. The summed E-state index contributed by atoms with van der Waals surface area (Å²) in [5, 5.41) is 37.3. The highest BCUT2D eigenvalue weighted by molar-refractivity contribution is 5.98. The maximum Gasteiger partial charge on any atom is 0.407 e. The molecule has 1 saturated heterocycles. The van der Waals surface area contributed by atoms with Gasteiger partial charge in [0.1, 0.15) is 18.8 Å². The molecule has 1 fully saturated rings. The molecule has 4 N–H and O–H groups in total. The summed E-state index contributed by atoms with van der Waals surface area (Å²) < 4.78 is 15.8. The van der Waals surface area contributed by atoms with E-state index >= 15 is 0 Å². The molecule has 1 aliphatic rings. The molecule has 0 unspecified atom stereocenters. The van der Waals surface area contributed by atoms with E-state index in [1.54, 1.807) is 24.3 Å². The SMILES string of the molecule is CC(=O)[C@@]1(O)[C@@H](CO)O[C@H](OCCNC(=O)OCc2ccccc2)[C@H](N=[N+]=[N-])[C@]1(O)C(C)=O.